The number of carbonyl (C=O) groups excluding carboxylic acids is 1. The van der Waals surface area contributed by atoms with Crippen molar-refractivity contribution in [3.63, 3.8) is 0 Å². The van der Waals surface area contributed by atoms with Gasteiger partial charge in [-0.3, -0.25) is 9.79 Å². The molecule has 18 heavy (non-hydrogen) atoms. The third-order valence-corrected chi connectivity index (χ3v) is 4.35. The van der Waals surface area contributed by atoms with Gasteiger partial charge in [0.1, 0.15) is 0 Å². The zero-order valence-corrected chi connectivity index (χ0v) is 9.98. The van der Waals surface area contributed by atoms with Crippen LogP contribution in [-0.2, 0) is 4.79 Å². The van der Waals surface area contributed by atoms with Crippen LogP contribution in [0.2, 0.25) is 0 Å². The summed E-state index contributed by atoms with van der Waals surface area (Å²) in [5.74, 6) is -1.37. The van der Waals surface area contributed by atoms with Gasteiger partial charge in [0.2, 0.25) is 10.7 Å². The lowest BCUT2D eigenvalue weighted by Crippen LogP contribution is -2.44. The van der Waals surface area contributed by atoms with E-state index >= 15 is 0 Å². The zero-order chi connectivity index (χ0) is 12.9. The number of aliphatic imine (C=N–C) groups is 1. The summed E-state index contributed by atoms with van der Waals surface area (Å²) in [5, 5.41) is 19.4. The average molecular weight is 263 g/mol. The van der Waals surface area contributed by atoms with E-state index in [-0.39, 0.29) is 11.5 Å². The summed E-state index contributed by atoms with van der Waals surface area (Å²) in [6.07, 6.45) is 0. The number of hydrogen-bond acceptors (Lipinski definition) is 5. The highest BCUT2D eigenvalue weighted by atomic mass is 32.2. The van der Waals surface area contributed by atoms with Crippen molar-refractivity contribution in [3.8, 4) is 0 Å². The molecule has 6 heteroatoms. The number of nitrogens with zero attached hydrogens (tertiary/aromatic N) is 1. The van der Waals surface area contributed by atoms with Crippen molar-refractivity contribution in [1.82, 2.24) is 0 Å². The molecule has 2 unspecified atom stereocenters. The maximum Gasteiger partial charge on any atom is 0.329 e. The van der Waals surface area contributed by atoms with E-state index in [1.54, 1.807) is 24.3 Å². The molecule has 0 bridgehead atoms. The van der Waals surface area contributed by atoms with Crippen molar-refractivity contribution in [1.29, 1.82) is 0 Å². The lowest BCUT2D eigenvalue weighted by Gasteiger charge is -2.27. The molecular weight excluding hydrogens is 254 g/mol. The predicted molar refractivity (Wildman–Crippen MR) is 66.1 cm³/mol. The topological polar surface area (TPSA) is 87.0 Å². The summed E-state index contributed by atoms with van der Waals surface area (Å²) in [5.41, 5.74) is 1.10. The summed E-state index contributed by atoms with van der Waals surface area (Å²) in [7, 11) is 0. The van der Waals surface area contributed by atoms with Crippen LogP contribution >= 0.6 is 11.8 Å². The Balaban J connectivity index is 2.20. The lowest BCUT2D eigenvalue weighted by molar-refractivity contribution is -0.137. The molecule has 0 radical (unpaired) electrons. The van der Waals surface area contributed by atoms with Crippen LogP contribution in [0.5, 0.6) is 0 Å². The molecular formula is C12H9NO4S. The van der Waals surface area contributed by atoms with Crippen LogP contribution < -0.4 is 0 Å². The number of Topliss-reactive ketones (excluding diaryl/α,β-unsaturated/α-hetero) is 1. The first kappa shape index (κ1) is 11.4. The van der Waals surface area contributed by atoms with Crippen LogP contribution in [-0.4, -0.2) is 44.4 Å². The number of aliphatic carboxylic acids is 1. The largest absolute Gasteiger partial charge is 0.480 e. The van der Waals surface area contributed by atoms with Gasteiger partial charge >= 0.3 is 5.97 Å². The van der Waals surface area contributed by atoms with Crippen molar-refractivity contribution < 1.29 is 19.8 Å². The number of fused-ring (bicyclic) bond motifs is 3. The Morgan fingerprint density at radius 1 is 1.39 bits per heavy atom. The lowest BCUT2D eigenvalue weighted by atomic mass is 10.1. The molecule has 1 aromatic rings. The molecule has 0 spiro atoms. The van der Waals surface area contributed by atoms with Crippen molar-refractivity contribution in [2.24, 2.45) is 4.99 Å². The standard InChI is InChI=1S/C12H9NO4S/c14-10-7-4-2-1-3-6(7)9-12(10,17)18-5-8(13-9)11(15)16/h1-4,8,17H,5H2,(H,15,16). The first-order valence-electron chi connectivity index (χ1n) is 5.35. The fourth-order valence-corrected chi connectivity index (χ4v) is 3.33. The second kappa shape index (κ2) is 3.66. The minimum atomic E-state index is -1.71. The third-order valence-electron chi connectivity index (χ3n) is 3.08. The number of ketones is 1. The van der Waals surface area contributed by atoms with E-state index in [1.165, 1.54) is 0 Å². The normalized spacial score (nSPS) is 29.5. The van der Waals surface area contributed by atoms with Crippen LogP contribution in [0.3, 0.4) is 0 Å². The molecule has 2 aliphatic rings. The molecule has 5 nitrogen and oxygen atoms in total. The molecule has 1 heterocycles. The highest BCUT2D eigenvalue weighted by Crippen LogP contribution is 2.41. The number of aliphatic hydroxyl groups is 1. The third kappa shape index (κ3) is 1.36. The van der Waals surface area contributed by atoms with E-state index in [9.17, 15) is 14.7 Å². The number of hydrogen-bond donors (Lipinski definition) is 2. The Labute approximate surface area is 107 Å². The molecule has 92 valence electrons. The quantitative estimate of drug-likeness (QED) is 0.773. The summed E-state index contributed by atoms with van der Waals surface area (Å²) < 4.78 is 0. The van der Waals surface area contributed by atoms with E-state index in [0.717, 1.165) is 11.8 Å². The zero-order valence-electron chi connectivity index (χ0n) is 9.16. The summed E-state index contributed by atoms with van der Waals surface area (Å²) in [4.78, 5) is 25.4. The van der Waals surface area contributed by atoms with Gasteiger partial charge in [-0.05, 0) is 0 Å². The van der Waals surface area contributed by atoms with Crippen molar-refractivity contribution in [2.75, 3.05) is 5.75 Å². The molecule has 1 aliphatic heterocycles. The SMILES string of the molecule is O=C(O)C1CSC2(O)C(=O)c3ccccc3C2=N1. The molecule has 2 atom stereocenters. The van der Waals surface area contributed by atoms with Crippen LogP contribution in [0.25, 0.3) is 0 Å². The van der Waals surface area contributed by atoms with Crippen molar-refractivity contribution in [3.05, 3.63) is 35.4 Å². The van der Waals surface area contributed by atoms with E-state index in [1.807, 2.05) is 0 Å². The first-order valence-corrected chi connectivity index (χ1v) is 6.34. The maximum absolute atomic E-state index is 12.1. The van der Waals surface area contributed by atoms with E-state index < -0.39 is 22.7 Å². The average Bonchev–Trinajstić information content (AvgIpc) is 2.59. The molecule has 1 aromatic carbocycles. The Bertz CT molecular complexity index is 597. The molecule has 0 fully saturated rings. The van der Waals surface area contributed by atoms with Crippen molar-refractivity contribution >= 4 is 29.2 Å². The van der Waals surface area contributed by atoms with Crippen LogP contribution in [0.15, 0.2) is 29.3 Å². The number of benzene rings is 1. The molecule has 3 rings (SSSR count). The minimum absolute atomic E-state index is 0.0923. The number of carboxylic acid groups (broad SMARTS) is 1. The molecule has 0 saturated carbocycles. The Morgan fingerprint density at radius 2 is 2.06 bits per heavy atom. The van der Waals surface area contributed by atoms with Gasteiger partial charge < -0.3 is 10.2 Å². The van der Waals surface area contributed by atoms with Gasteiger partial charge in [-0.1, -0.05) is 24.3 Å². The van der Waals surface area contributed by atoms with E-state index in [4.69, 9.17) is 5.11 Å². The summed E-state index contributed by atoms with van der Waals surface area (Å²) in [6, 6.07) is 5.82. The Hall–Kier alpha value is -1.66. The summed E-state index contributed by atoms with van der Waals surface area (Å²) >= 11 is 0.932. The second-order valence-electron chi connectivity index (χ2n) is 4.16. The number of carboxylic acids is 1. The Kier molecular flexibility index (Phi) is 2.33. The smallest absolute Gasteiger partial charge is 0.329 e. The molecule has 0 amide bonds. The second-order valence-corrected chi connectivity index (χ2v) is 5.37. The van der Waals surface area contributed by atoms with Gasteiger partial charge in [0.25, 0.3) is 0 Å². The van der Waals surface area contributed by atoms with E-state index in [0.29, 0.717) is 11.1 Å². The van der Waals surface area contributed by atoms with Crippen molar-refractivity contribution in [2.45, 2.75) is 11.0 Å². The van der Waals surface area contributed by atoms with Gasteiger partial charge in [-0.15, -0.1) is 11.8 Å². The molecule has 0 aromatic heterocycles. The molecule has 0 saturated heterocycles. The van der Waals surface area contributed by atoms with Gasteiger partial charge in [0, 0.05) is 16.9 Å². The van der Waals surface area contributed by atoms with Gasteiger partial charge in [-0.25, -0.2) is 4.79 Å². The molecule has 1 aliphatic carbocycles. The Morgan fingerprint density at radius 3 is 2.72 bits per heavy atom. The van der Waals surface area contributed by atoms with Crippen LogP contribution in [0.1, 0.15) is 15.9 Å². The van der Waals surface area contributed by atoms with Gasteiger partial charge in [-0.2, -0.15) is 0 Å². The van der Waals surface area contributed by atoms with Gasteiger partial charge in [0.05, 0.1) is 5.71 Å². The van der Waals surface area contributed by atoms with E-state index in [2.05, 4.69) is 4.99 Å². The number of thioether (sulfide) groups is 1. The fourth-order valence-electron chi connectivity index (χ4n) is 2.17. The fraction of sp³-hybridized carbons (Fsp3) is 0.250. The number of carbonyl (C=O) groups is 2. The minimum Gasteiger partial charge on any atom is -0.480 e. The predicted octanol–water partition coefficient (Wildman–Crippen LogP) is 0.561. The molecule has 2 N–H and O–H groups in total. The number of rotatable bonds is 1. The van der Waals surface area contributed by atoms with Gasteiger partial charge in [0.15, 0.2) is 6.04 Å². The van der Waals surface area contributed by atoms with Crippen LogP contribution in [0.4, 0.5) is 0 Å². The summed E-state index contributed by atoms with van der Waals surface area (Å²) in [6.45, 7) is 0. The first-order chi connectivity index (χ1) is 8.54. The monoisotopic (exact) mass is 263 g/mol. The van der Waals surface area contributed by atoms with Crippen LogP contribution in [0, 0.1) is 0 Å². The highest BCUT2D eigenvalue weighted by Gasteiger charge is 2.53. The maximum atomic E-state index is 12.1. The highest BCUT2D eigenvalue weighted by molar-refractivity contribution is 8.02.